The Hall–Kier alpha value is -4.04. The molecule has 2 amide bonds. The third-order valence-corrected chi connectivity index (χ3v) is 10.6. The minimum atomic E-state index is -0.870. The predicted octanol–water partition coefficient (Wildman–Crippen LogP) is 6.30. The summed E-state index contributed by atoms with van der Waals surface area (Å²) in [6.45, 7) is 6.33. The van der Waals surface area contributed by atoms with Crippen molar-refractivity contribution in [3.05, 3.63) is 113 Å². The Morgan fingerprint density at radius 2 is 1.54 bits per heavy atom. The normalized spacial score (nSPS) is 23.2. The van der Waals surface area contributed by atoms with Crippen molar-refractivity contribution < 1.29 is 24.9 Å². The van der Waals surface area contributed by atoms with Gasteiger partial charge in [-0.05, 0) is 78.0 Å². The van der Waals surface area contributed by atoms with E-state index in [0.29, 0.717) is 19.3 Å². The van der Waals surface area contributed by atoms with Crippen molar-refractivity contribution in [1.29, 1.82) is 0 Å². The third kappa shape index (κ3) is 7.19. The topological polar surface area (TPSA) is 101 Å². The third-order valence-electron chi connectivity index (χ3n) is 10.6. The van der Waals surface area contributed by atoms with Crippen LogP contribution in [-0.2, 0) is 16.1 Å². The number of rotatable bonds is 11. The Labute approximate surface area is 284 Å². The molecule has 3 aromatic rings. The highest BCUT2D eigenvalue weighted by molar-refractivity contribution is 6.06. The van der Waals surface area contributed by atoms with Crippen molar-refractivity contribution in [3.63, 3.8) is 0 Å². The Kier molecular flexibility index (Phi) is 10.6. The number of fused-ring (bicyclic) bond motifs is 1. The number of likely N-dealkylation sites (tertiary alicyclic amines) is 2. The van der Waals surface area contributed by atoms with Crippen LogP contribution in [-0.4, -0.2) is 68.8 Å². The van der Waals surface area contributed by atoms with Gasteiger partial charge in [0.15, 0.2) is 0 Å². The number of benzene rings is 3. The molecule has 0 saturated carbocycles. The van der Waals surface area contributed by atoms with Crippen LogP contribution in [0, 0.1) is 23.7 Å². The van der Waals surface area contributed by atoms with Crippen LogP contribution >= 0.6 is 0 Å². The minimum absolute atomic E-state index is 0.0592. The number of hydrogen-bond donors (Lipinski definition) is 3. The van der Waals surface area contributed by atoms with Crippen molar-refractivity contribution in [2.24, 2.45) is 23.7 Å². The van der Waals surface area contributed by atoms with Crippen molar-refractivity contribution in [2.75, 3.05) is 19.7 Å². The molecule has 3 aromatic carbocycles. The second-order valence-electron chi connectivity index (χ2n) is 14.0. The summed E-state index contributed by atoms with van der Waals surface area (Å²) in [4.78, 5) is 32.1. The van der Waals surface area contributed by atoms with Crippen LogP contribution < -0.4 is 0 Å². The lowest BCUT2D eigenvalue weighted by molar-refractivity contribution is -0.144. The van der Waals surface area contributed by atoms with E-state index in [2.05, 4.69) is 37.0 Å². The lowest BCUT2D eigenvalue weighted by Gasteiger charge is -2.38. The van der Waals surface area contributed by atoms with E-state index in [0.717, 1.165) is 60.3 Å². The molecule has 2 fully saturated rings. The highest BCUT2D eigenvalue weighted by atomic mass is 16.3. The molecule has 2 aliphatic heterocycles. The van der Waals surface area contributed by atoms with Gasteiger partial charge in [0, 0.05) is 31.6 Å². The zero-order valence-corrected chi connectivity index (χ0v) is 28.0. The monoisotopic (exact) mass is 648 g/mol. The summed E-state index contributed by atoms with van der Waals surface area (Å²) < 4.78 is 0. The van der Waals surface area contributed by atoms with E-state index in [-0.39, 0.29) is 36.1 Å². The van der Waals surface area contributed by atoms with E-state index in [4.69, 9.17) is 0 Å². The van der Waals surface area contributed by atoms with Gasteiger partial charge < -0.3 is 15.3 Å². The van der Waals surface area contributed by atoms with Gasteiger partial charge in [-0.3, -0.25) is 19.4 Å². The molecule has 4 atom stereocenters. The number of phenols is 1. The molecule has 48 heavy (non-hydrogen) atoms. The van der Waals surface area contributed by atoms with Crippen LogP contribution in [0.25, 0.3) is 11.6 Å². The number of carbonyl (C=O) groups excluding carboxylic acids is 2. The fourth-order valence-electron chi connectivity index (χ4n) is 8.18. The van der Waals surface area contributed by atoms with Gasteiger partial charge in [0.25, 0.3) is 0 Å². The van der Waals surface area contributed by atoms with Crippen LogP contribution in [0.15, 0.2) is 96.1 Å². The van der Waals surface area contributed by atoms with Crippen molar-refractivity contribution >= 4 is 23.5 Å². The highest BCUT2D eigenvalue weighted by Crippen LogP contribution is 2.49. The summed E-state index contributed by atoms with van der Waals surface area (Å²) in [6.07, 6.45) is 4.09. The zero-order chi connectivity index (χ0) is 33.8. The second-order valence-corrected chi connectivity index (χ2v) is 14.0. The Morgan fingerprint density at radius 3 is 2.17 bits per heavy atom. The molecule has 3 aliphatic rings. The Bertz CT molecular complexity index is 1620. The lowest BCUT2D eigenvalue weighted by Crippen LogP contribution is -2.47. The number of hydrogen-bond acceptors (Lipinski definition) is 6. The highest BCUT2D eigenvalue weighted by Gasteiger charge is 2.56. The van der Waals surface area contributed by atoms with Crippen LogP contribution in [0.1, 0.15) is 62.6 Å². The number of imide groups is 1. The molecular formula is C41H48N2O5. The van der Waals surface area contributed by atoms with Crippen LogP contribution in [0.5, 0.6) is 5.75 Å². The molecule has 1 aliphatic carbocycles. The minimum Gasteiger partial charge on any atom is -0.508 e. The Balaban J connectivity index is 1.20. The van der Waals surface area contributed by atoms with Gasteiger partial charge >= 0.3 is 0 Å². The standard InChI is InChI=1S/C41H48N2O5/c1-27(2)34-24-35-39(41(48)43(40(35)47)32-19-21-42(22-20-32)25-29-9-5-3-6-10-29)36(26-44)38(34)37(46)18-15-31(30-11-7-4-8-12-30)23-28-13-16-33(45)17-14-28/h3-14,16-17,23,27,32,35-37,39,44-46H,15,18-22,24-26H2,1-2H3/b31-23-/t35-,36+,37-,39-/m1/s1. The van der Waals surface area contributed by atoms with Gasteiger partial charge in [0.2, 0.25) is 11.8 Å². The van der Waals surface area contributed by atoms with Crippen molar-refractivity contribution in [2.45, 2.75) is 64.6 Å². The molecule has 6 rings (SSSR count). The largest absolute Gasteiger partial charge is 0.508 e. The first-order valence-electron chi connectivity index (χ1n) is 17.4. The van der Waals surface area contributed by atoms with Gasteiger partial charge in [-0.15, -0.1) is 0 Å². The van der Waals surface area contributed by atoms with Crippen LogP contribution in [0.3, 0.4) is 0 Å². The maximum atomic E-state index is 14.2. The van der Waals surface area contributed by atoms with Crippen molar-refractivity contribution in [3.8, 4) is 5.75 Å². The van der Waals surface area contributed by atoms with E-state index >= 15 is 0 Å². The second kappa shape index (κ2) is 15.0. The summed E-state index contributed by atoms with van der Waals surface area (Å²) >= 11 is 0. The summed E-state index contributed by atoms with van der Waals surface area (Å²) in [5.41, 5.74) is 6.02. The molecule has 0 bridgehead atoms. The maximum absolute atomic E-state index is 14.2. The quantitative estimate of drug-likeness (QED) is 0.128. The molecule has 252 valence electrons. The number of aromatic hydroxyl groups is 1. The maximum Gasteiger partial charge on any atom is 0.234 e. The van der Waals surface area contributed by atoms with E-state index in [1.807, 2.05) is 60.7 Å². The average molecular weight is 649 g/mol. The molecule has 2 heterocycles. The number of carbonyl (C=O) groups is 2. The molecule has 0 radical (unpaired) electrons. The van der Waals surface area contributed by atoms with Gasteiger partial charge in [-0.1, -0.05) is 98.3 Å². The van der Waals surface area contributed by atoms with Crippen LogP contribution in [0.4, 0.5) is 0 Å². The predicted molar refractivity (Wildman–Crippen MR) is 188 cm³/mol. The number of nitrogens with zero attached hydrogens (tertiary/aromatic N) is 2. The summed E-state index contributed by atoms with van der Waals surface area (Å²) in [5, 5.41) is 32.5. The van der Waals surface area contributed by atoms with Gasteiger partial charge in [0.05, 0.1) is 24.5 Å². The first-order chi connectivity index (χ1) is 23.2. The number of amides is 2. The summed E-state index contributed by atoms with van der Waals surface area (Å²) in [7, 11) is 0. The SMILES string of the molecule is CC(C)C1=C([C@H](O)CC/C(=C/c2ccc(O)cc2)c2ccccc2)[C@H](CO)[C@@H]2C(=O)N(C3CCN(Cc4ccccc4)CC3)C(=O)[C@@H]2C1. The lowest BCUT2D eigenvalue weighted by atomic mass is 9.66. The van der Waals surface area contributed by atoms with E-state index < -0.39 is 23.9 Å². The van der Waals surface area contributed by atoms with Gasteiger partial charge in [-0.2, -0.15) is 0 Å². The molecule has 3 N–H and O–H groups in total. The first kappa shape index (κ1) is 33.8. The summed E-state index contributed by atoms with van der Waals surface area (Å²) in [5.74, 6) is -1.79. The molecule has 7 heteroatoms. The molecule has 2 saturated heterocycles. The zero-order valence-electron chi connectivity index (χ0n) is 28.0. The Morgan fingerprint density at radius 1 is 0.896 bits per heavy atom. The molecular weight excluding hydrogens is 600 g/mol. The fraction of sp³-hybridized carbons (Fsp3) is 0.415. The van der Waals surface area contributed by atoms with E-state index in [1.54, 1.807) is 17.0 Å². The van der Waals surface area contributed by atoms with Gasteiger partial charge in [0.1, 0.15) is 5.75 Å². The molecule has 7 nitrogen and oxygen atoms in total. The number of aliphatic hydroxyl groups is 2. The smallest absolute Gasteiger partial charge is 0.234 e. The van der Waals surface area contributed by atoms with Crippen LogP contribution in [0.2, 0.25) is 0 Å². The number of phenolic OH excluding ortho intramolecular Hbond substituents is 1. The van der Waals surface area contributed by atoms with E-state index in [9.17, 15) is 24.9 Å². The molecule has 0 aromatic heterocycles. The number of piperidine rings is 1. The summed E-state index contributed by atoms with van der Waals surface area (Å²) in [6, 6.07) is 27.3. The average Bonchev–Trinajstić information content (AvgIpc) is 3.36. The molecule has 0 spiro atoms. The number of aliphatic hydroxyl groups excluding tert-OH is 2. The van der Waals surface area contributed by atoms with E-state index in [1.165, 1.54) is 5.56 Å². The fourth-order valence-corrected chi connectivity index (χ4v) is 8.18. The van der Waals surface area contributed by atoms with Gasteiger partial charge in [-0.25, -0.2) is 0 Å². The molecule has 0 unspecified atom stereocenters. The number of allylic oxidation sites excluding steroid dienone is 2. The first-order valence-corrected chi connectivity index (χ1v) is 17.4. The van der Waals surface area contributed by atoms with Crippen molar-refractivity contribution in [1.82, 2.24) is 9.80 Å².